The van der Waals surface area contributed by atoms with Crippen LogP contribution in [0.4, 0.5) is 5.69 Å². The first kappa shape index (κ1) is 16.1. The first-order valence-corrected chi connectivity index (χ1v) is 8.92. The SMILES string of the molecule is C[C@H]1C[C@H]1C(=O)N1CCC(C(=O)c2ccc3c(c2)NC(=O)CO3)CC1. The van der Waals surface area contributed by atoms with Gasteiger partial charge in [-0.15, -0.1) is 0 Å². The fourth-order valence-corrected chi connectivity index (χ4v) is 3.73. The van der Waals surface area contributed by atoms with E-state index >= 15 is 0 Å². The number of nitrogens with zero attached hydrogens (tertiary/aromatic N) is 1. The molecule has 0 spiro atoms. The van der Waals surface area contributed by atoms with Crippen molar-refractivity contribution in [2.24, 2.45) is 17.8 Å². The van der Waals surface area contributed by atoms with Crippen LogP contribution in [0.3, 0.4) is 0 Å². The van der Waals surface area contributed by atoms with Gasteiger partial charge in [-0.2, -0.15) is 0 Å². The van der Waals surface area contributed by atoms with Gasteiger partial charge in [0.05, 0.1) is 5.69 Å². The molecule has 2 atom stereocenters. The zero-order valence-corrected chi connectivity index (χ0v) is 14.3. The van der Waals surface area contributed by atoms with E-state index in [9.17, 15) is 14.4 Å². The molecule has 132 valence electrons. The highest BCUT2D eigenvalue weighted by molar-refractivity contribution is 6.01. The van der Waals surface area contributed by atoms with E-state index in [1.165, 1.54) is 0 Å². The monoisotopic (exact) mass is 342 g/mol. The Bertz CT molecular complexity index is 737. The predicted molar refractivity (Wildman–Crippen MR) is 91.5 cm³/mol. The molecule has 6 nitrogen and oxygen atoms in total. The van der Waals surface area contributed by atoms with E-state index in [1.54, 1.807) is 18.2 Å². The smallest absolute Gasteiger partial charge is 0.262 e. The Kier molecular flexibility index (Phi) is 3.98. The number of Topliss-reactive ketones (excluding diaryl/α,β-unsaturated/α-hetero) is 1. The van der Waals surface area contributed by atoms with Crippen molar-refractivity contribution in [1.82, 2.24) is 4.90 Å². The molecule has 2 aliphatic heterocycles. The van der Waals surface area contributed by atoms with Crippen LogP contribution in [0.1, 0.15) is 36.5 Å². The van der Waals surface area contributed by atoms with E-state index in [-0.39, 0.29) is 36.0 Å². The zero-order chi connectivity index (χ0) is 17.6. The third kappa shape index (κ3) is 3.13. The number of anilines is 1. The van der Waals surface area contributed by atoms with Gasteiger partial charge < -0.3 is 15.0 Å². The summed E-state index contributed by atoms with van der Waals surface area (Å²) in [5, 5.41) is 2.73. The number of nitrogens with one attached hydrogen (secondary N) is 1. The molecule has 1 aromatic rings. The van der Waals surface area contributed by atoms with Gasteiger partial charge in [-0.05, 0) is 43.4 Å². The van der Waals surface area contributed by atoms with Gasteiger partial charge >= 0.3 is 0 Å². The molecule has 1 aromatic carbocycles. The fourth-order valence-electron chi connectivity index (χ4n) is 3.73. The van der Waals surface area contributed by atoms with E-state index in [1.807, 2.05) is 4.90 Å². The lowest BCUT2D eigenvalue weighted by Gasteiger charge is -2.31. The average molecular weight is 342 g/mol. The third-order valence-corrected chi connectivity index (χ3v) is 5.50. The summed E-state index contributed by atoms with van der Waals surface area (Å²) in [6.07, 6.45) is 2.40. The third-order valence-electron chi connectivity index (χ3n) is 5.50. The Balaban J connectivity index is 1.40. The number of hydrogen-bond acceptors (Lipinski definition) is 4. The van der Waals surface area contributed by atoms with Gasteiger partial charge in [0.15, 0.2) is 12.4 Å². The molecular weight excluding hydrogens is 320 g/mol. The van der Waals surface area contributed by atoms with Crippen LogP contribution in [0.25, 0.3) is 0 Å². The fraction of sp³-hybridized carbons (Fsp3) is 0.526. The number of rotatable bonds is 3. The summed E-state index contributed by atoms with van der Waals surface area (Å²) in [7, 11) is 0. The van der Waals surface area contributed by atoms with Gasteiger partial charge in [-0.3, -0.25) is 14.4 Å². The van der Waals surface area contributed by atoms with Crippen LogP contribution in [0.2, 0.25) is 0 Å². The van der Waals surface area contributed by atoms with Crippen LogP contribution in [-0.4, -0.2) is 42.2 Å². The van der Waals surface area contributed by atoms with Gasteiger partial charge in [0.1, 0.15) is 5.75 Å². The first-order chi connectivity index (χ1) is 12.0. The van der Waals surface area contributed by atoms with Crippen LogP contribution in [0, 0.1) is 17.8 Å². The van der Waals surface area contributed by atoms with Gasteiger partial charge in [0.25, 0.3) is 5.91 Å². The standard InChI is InChI=1S/C19H22N2O4/c1-11-8-14(11)19(24)21-6-4-12(5-7-21)18(23)13-2-3-16-15(9-13)20-17(22)10-25-16/h2-3,9,11-12,14H,4-8,10H2,1H3,(H,20,22)/t11-,14+/m0/s1. The molecular formula is C19H22N2O4. The molecule has 1 saturated carbocycles. The lowest BCUT2D eigenvalue weighted by atomic mass is 9.88. The number of fused-ring (bicyclic) bond motifs is 1. The molecule has 3 aliphatic rings. The summed E-state index contributed by atoms with van der Waals surface area (Å²) < 4.78 is 5.33. The van der Waals surface area contributed by atoms with Crippen molar-refractivity contribution in [3.05, 3.63) is 23.8 Å². The number of ether oxygens (including phenoxy) is 1. The Morgan fingerprint density at radius 2 is 1.96 bits per heavy atom. The minimum Gasteiger partial charge on any atom is -0.482 e. The number of carbonyl (C=O) groups excluding carboxylic acids is 3. The summed E-state index contributed by atoms with van der Waals surface area (Å²) in [5.41, 5.74) is 1.14. The van der Waals surface area contributed by atoms with Gasteiger partial charge in [-0.1, -0.05) is 6.92 Å². The maximum atomic E-state index is 12.8. The lowest BCUT2D eigenvalue weighted by Crippen LogP contribution is -2.41. The summed E-state index contributed by atoms with van der Waals surface area (Å²) in [4.78, 5) is 38.4. The second-order valence-electron chi connectivity index (χ2n) is 7.33. The number of ketones is 1. The molecule has 2 heterocycles. The van der Waals surface area contributed by atoms with Gasteiger partial charge in [-0.25, -0.2) is 0 Å². The molecule has 0 radical (unpaired) electrons. The second-order valence-corrected chi connectivity index (χ2v) is 7.33. The van der Waals surface area contributed by atoms with Crippen molar-refractivity contribution >= 4 is 23.3 Å². The van der Waals surface area contributed by atoms with Crippen molar-refractivity contribution in [3.63, 3.8) is 0 Å². The second kappa shape index (κ2) is 6.17. The lowest BCUT2D eigenvalue weighted by molar-refractivity contribution is -0.134. The number of amides is 2. The molecule has 1 saturated heterocycles. The van der Waals surface area contributed by atoms with E-state index < -0.39 is 0 Å². The molecule has 0 unspecified atom stereocenters. The Labute approximate surface area is 146 Å². The largest absolute Gasteiger partial charge is 0.482 e. The molecule has 1 aliphatic carbocycles. The Morgan fingerprint density at radius 3 is 2.64 bits per heavy atom. The molecule has 0 bridgehead atoms. The summed E-state index contributed by atoms with van der Waals surface area (Å²) in [5.74, 6) is 1.37. The van der Waals surface area contributed by atoms with Crippen molar-refractivity contribution in [2.45, 2.75) is 26.2 Å². The highest BCUT2D eigenvalue weighted by Crippen LogP contribution is 2.40. The van der Waals surface area contributed by atoms with Crippen molar-refractivity contribution in [3.8, 4) is 5.75 Å². The summed E-state index contributed by atoms with van der Waals surface area (Å²) in [6, 6.07) is 5.18. The summed E-state index contributed by atoms with van der Waals surface area (Å²) in [6.45, 7) is 3.43. The molecule has 25 heavy (non-hydrogen) atoms. The number of hydrogen-bond donors (Lipinski definition) is 1. The average Bonchev–Trinajstić information content (AvgIpc) is 3.36. The highest BCUT2D eigenvalue weighted by atomic mass is 16.5. The number of piperidine rings is 1. The van der Waals surface area contributed by atoms with E-state index in [0.29, 0.717) is 48.8 Å². The highest BCUT2D eigenvalue weighted by Gasteiger charge is 2.42. The Morgan fingerprint density at radius 1 is 1.24 bits per heavy atom. The van der Waals surface area contributed by atoms with Crippen LogP contribution >= 0.6 is 0 Å². The molecule has 4 rings (SSSR count). The zero-order valence-electron chi connectivity index (χ0n) is 14.3. The van der Waals surface area contributed by atoms with Crippen LogP contribution in [0.5, 0.6) is 5.75 Å². The van der Waals surface area contributed by atoms with Gasteiger partial charge in [0, 0.05) is 30.5 Å². The van der Waals surface area contributed by atoms with Crippen LogP contribution in [0.15, 0.2) is 18.2 Å². The molecule has 2 amide bonds. The van der Waals surface area contributed by atoms with Crippen molar-refractivity contribution in [1.29, 1.82) is 0 Å². The minimum atomic E-state index is -0.210. The predicted octanol–water partition coefficient (Wildman–Crippen LogP) is 2.09. The topological polar surface area (TPSA) is 75.7 Å². The maximum absolute atomic E-state index is 12.8. The summed E-state index contributed by atoms with van der Waals surface area (Å²) >= 11 is 0. The first-order valence-electron chi connectivity index (χ1n) is 8.92. The van der Waals surface area contributed by atoms with Crippen molar-refractivity contribution < 1.29 is 19.1 Å². The quantitative estimate of drug-likeness (QED) is 0.854. The molecule has 2 fully saturated rings. The molecule has 1 N–H and O–H groups in total. The van der Waals surface area contributed by atoms with E-state index in [2.05, 4.69) is 12.2 Å². The Hall–Kier alpha value is -2.37. The van der Waals surface area contributed by atoms with E-state index in [4.69, 9.17) is 4.74 Å². The van der Waals surface area contributed by atoms with Gasteiger partial charge in [0.2, 0.25) is 5.91 Å². The van der Waals surface area contributed by atoms with Crippen molar-refractivity contribution in [2.75, 3.05) is 25.0 Å². The van der Waals surface area contributed by atoms with Crippen LogP contribution < -0.4 is 10.1 Å². The maximum Gasteiger partial charge on any atom is 0.262 e. The van der Waals surface area contributed by atoms with Crippen LogP contribution in [-0.2, 0) is 9.59 Å². The number of likely N-dealkylation sites (tertiary alicyclic amines) is 1. The minimum absolute atomic E-state index is 0.00634. The van der Waals surface area contributed by atoms with E-state index in [0.717, 1.165) is 6.42 Å². The number of benzene rings is 1. The number of carbonyl (C=O) groups is 3. The molecule has 0 aromatic heterocycles. The normalized spacial score (nSPS) is 25.6. The molecule has 6 heteroatoms.